The molecule has 0 aliphatic heterocycles. The monoisotopic (exact) mass is 340 g/mol. The van der Waals surface area contributed by atoms with E-state index >= 15 is 0 Å². The molecule has 2 aromatic rings. The Bertz CT molecular complexity index is 726. The number of benzene rings is 2. The predicted molar refractivity (Wildman–Crippen MR) is 98.3 cm³/mol. The van der Waals surface area contributed by atoms with E-state index in [-0.39, 0.29) is 31.0 Å². The van der Waals surface area contributed by atoms with E-state index in [0.717, 1.165) is 23.1 Å². The van der Waals surface area contributed by atoms with Crippen LogP contribution in [0.5, 0.6) is 0 Å². The van der Waals surface area contributed by atoms with Crippen molar-refractivity contribution in [1.29, 1.82) is 0 Å². The number of carbonyl (C=O) groups is 2. The zero-order valence-corrected chi connectivity index (χ0v) is 14.6. The molecule has 0 aromatic heterocycles. The van der Waals surface area contributed by atoms with Gasteiger partial charge in [0, 0.05) is 25.1 Å². The zero-order valence-electron chi connectivity index (χ0n) is 14.6. The van der Waals surface area contributed by atoms with Crippen molar-refractivity contribution in [3.63, 3.8) is 0 Å². The first kappa shape index (κ1) is 18.7. The maximum absolute atomic E-state index is 12.0. The lowest BCUT2D eigenvalue weighted by molar-refractivity contribution is -0.119. The molecule has 0 fully saturated rings. The lowest BCUT2D eigenvalue weighted by Gasteiger charge is -2.13. The Morgan fingerprint density at radius 2 is 1.80 bits per heavy atom. The lowest BCUT2D eigenvalue weighted by Crippen LogP contribution is -2.31. The summed E-state index contributed by atoms with van der Waals surface area (Å²) >= 11 is 0. The van der Waals surface area contributed by atoms with Gasteiger partial charge in [0.15, 0.2) is 0 Å². The van der Waals surface area contributed by atoms with Gasteiger partial charge in [0.1, 0.15) is 0 Å². The molecule has 2 amide bonds. The first-order valence-corrected chi connectivity index (χ1v) is 8.35. The van der Waals surface area contributed by atoms with Crippen LogP contribution in [-0.4, -0.2) is 36.1 Å². The number of rotatable bonds is 7. The molecule has 0 heterocycles. The molecule has 0 spiro atoms. The molecular formula is C20H24N2O3. The Kier molecular flexibility index (Phi) is 6.71. The van der Waals surface area contributed by atoms with Gasteiger partial charge in [-0.3, -0.25) is 9.59 Å². The summed E-state index contributed by atoms with van der Waals surface area (Å²) < 4.78 is 0. The summed E-state index contributed by atoms with van der Waals surface area (Å²) in [7, 11) is 0. The van der Waals surface area contributed by atoms with E-state index in [1.165, 1.54) is 6.92 Å². The van der Waals surface area contributed by atoms with Crippen LogP contribution in [0.4, 0.5) is 0 Å². The molecule has 1 unspecified atom stereocenters. The molecule has 5 nitrogen and oxygen atoms in total. The maximum atomic E-state index is 12.0. The summed E-state index contributed by atoms with van der Waals surface area (Å²) in [5.41, 5.74) is 3.68. The third kappa shape index (κ3) is 5.72. The minimum absolute atomic E-state index is 0.0274. The average molecular weight is 340 g/mol. The van der Waals surface area contributed by atoms with Crippen LogP contribution >= 0.6 is 0 Å². The van der Waals surface area contributed by atoms with Gasteiger partial charge in [-0.2, -0.15) is 0 Å². The third-order valence-corrected chi connectivity index (χ3v) is 3.80. The normalized spacial score (nSPS) is 11.6. The van der Waals surface area contributed by atoms with Crippen LogP contribution in [0.25, 0.3) is 11.1 Å². The van der Waals surface area contributed by atoms with E-state index in [1.54, 1.807) is 6.07 Å². The van der Waals surface area contributed by atoms with Gasteiger partial charge in [-0.05, 0) is 42.2 Å². The standard InChI is InChI=1S/C20H24N2O3/c1-14(22-15(2)24)12-16-6-8-17(9-7-16)18-4-3-5-19(13-18)20(25)21-10-11-23/h3-9,13-14,23H,10-12H2,1-2H3,(H,21,25)(H,22,24). The smallest absolute Gasteiger partial charge is 0.251 e. The number of aliphatic hydroxyl groups excluding tert-OH is 1. The molecule has 2 aromatic carbocycles. The Balaban J connectivity index is 2.09. The molecular weight excluding hydrogens is 316 g/mol. The predicted octanol–water partition coefficient (Wildman–Crippen LogP) is 2.14. The highest BCUT2D eigenvalue weighted by Gasteiger charge is 2.08. The summed E-state index contributed by atoms with van der Waals surface area (Å²) in [6.45, 7) is 3.65. The molecule has 3 N–H and O–H groups in total. The molecule has 0 bridgehead atoms. The van der Waals surface area contributed by atoms with Gasteiger partial charge < -0.3 is 15.7 Å². The van der Waals surface area contributed by atoms with Crippen molar-refractivity contribution >= 4 is 11.8 Å². The Morgan fingerprint density at radius 3 is 2.44 bits per heavy atom. The topological polar surface area (TPSA) is 78.4 Å². The second kappa shape index (κ2) is 8.99. The minimum atomic E-state index is -0.198. The van der Waals surface area contributed by atoms with Gasteiger partial charge in [0.25, 0.3) is 5.91 Å². The minimum Gasteiger partial charge on any atom is -0.395 e. The molecule has 132 valence electrons. The van der Waals surface area contributed by atoms with Crippen molar-refractivity contribution in [1.82, 2.24) is 10.6 Å². The maximum Gasteiger partial charge on any atom is 0.251 e. The highest BCUT2D eigenvalue weighted by Crippen LogP contribution is 2.21. The van der Waals surface area contributed by atoms with Gasteiger partial charge in [0.05, 0.1) is 6.61 Å². The Hall–Kier alpha value is -2.66. The van der Waals surface area contributed by atoms with E-state index in [2.05, 4.69) is 10.6 Å². The fraction of sp³-hybridized carbons (Fsp3) is 0.300. The van der Waals surface area contributed by atoms with E-state index in [1.807, 2.05) is 49.4 Å². The summed E-state index contributed by atoms with van der Waals surface area (Å²) in [6.07, 6.45) is 0.767. The fourth-order valence-electron chi connectivity index (χ4n) is 2.70. The van der Waals surface area contributed by atoms with E-state index in [9.17, 15) is 9.59 Å². The molecule has 0 saturated heterocycles. The van der Waals surface area contributed by atoms with Crippen LogP contribution in [-0.2, 0) is 11.2 Å². The second-order valence-corrected chi connectivity index (χ2v) is 6.06. The molecule has 5 heteroatoms. The summed E-state index contributed by atoms with van der Waals surface area (Å²) in [4.78, 5) is 23.1. The number of nitrogens with one attached hydrogen (secondary N) is 2. The van der Waals surface area contributed by atoms with Crippen molar-refractivity contribution in [3.8, 4) is 11.1 Å². The lowest BCUT2D eigenvalue weighted by atomic mass is 9.99. The zero-order chi connectivity index (χ0) is 18.2. The first-order valence-electron chi connectivity index (χ1n) is 8.35. The van der Waals surface area contributed by atoms with Crippen molar-refractivity contribution in [2.45, 2.75) is 26.3 Å². The van der Waals surface area contributed by atoms with Gasteiger partial charge in [-0.1, -0.05) is 36.4 Å². The number of amides is 2. The third-order valence-electron chi connectivity index (χ3n) is 3.80. The van der Waals surface area contributed by atoms with Gasteiger partial charge in [0.2, 0.25) is 5.91 Å². The van der Waals surface area contributed by atoms with Crippen molar-refractivity contribution in [2.75, 3.05) is 13.2 Å². The molecule has 1 atom stereocenters. The SMILES string of the molecule is CC(=O)NC(C)Cc1ccc(-c2cccc(C(=O)NCCO)c2)cc1. The van der Waals surface area contributed by atoms with E-state index in [4.69, 9.17) is 5.11 Å². The highest BCUT2D eigenvalue weighted by atomic mass is 16.3. The number of aliphatic hydroxyl groups is 1. The van der Waals surface area contributed by atoms with Crippen LogP contribution in [0.15, 0.2) is 48.5 Å². The summed E-state index contributed by atoms with van der Waals surface area (Å²) in [6, 6.07) is 15.6. The summed E-state index contributed by atoms with van der Waals surface area (Å²) in [5, 5.41) is 14.3. The average Bonchev–Trinajstić information content (AvgIpc) is 2.59. The Labute approximate surface area is 148 Å². The largest absolute Gasteiger partial charge is 0.395 e. The molecule has 0 aliphatic carbocycles. The van der Waals surface area contributed by atoms with Crippen LogP contribution in [0, 0.1) is 0 Å². The summed E-state index contributed by atoms with van der Waals surface area (Å²) in [5.74, 6) is -0.225. The van der Waals surface area contributed by atoms with Crippen LogP contribution < -0.4 is 10.6 Å². The van der Waals surface area contributed by atoms with Gasteiger partial charge in [-0.25, -0.2) is 0 Å². The molecule has 0 radical (unpaired) electrons. The highest BCUT2D eigenvalue weighted by molar-refractivity contribution is 5.95. The van der Waals surface area contributed by atoms with Crippen molar-refractivity contribution < 1.29 is 14.7 Å². The van der Waals surface area contributed by atoms with E-state index in [0.29, 0.717) is 5.56 Å². The number of carbonyl (C=O) groups excluding carboxylic acids is 2. The fourth-order valence-corrected chi connectivity index (χ4v) is 2.70. The van der Waals surface area contributed by atoms with Crippen LogP contribution in [0.1, 0.15) is 29.8 Å². The first-order chi connectivity index (χ1) is 12.0. The van der Waals surface area contributed by atoms with E-state index < -0.39 is 0 Å². The van der Waals surface area contributed by atoms with Crippen molar-refractivity contribution in [2.24, 2.45) is 0 Å². The van der Waals surface area contributed by atoms with Crippen LogP contribution in [0.2, 0.25) is 0 Å². The molecule has 2 rings (SSSR count). The second-order valence-electron chi connectivity index (χ2n) is 6.06. The van der Waals surface area contributed by atoms with Crippen LogP contribution in [0.3, 0.4) is 0 Å². The van der Waals surface area contributed by atoms with Gasteiger partial charge in [-0.15, -0.1) is 0 Å². The molecule has 25 heavy (non-hydrogen) atoms. The molecule has 0 saturated carbocycles. The van der Waals surface area contributed by atoms with Crippen molar-refractivity contribution in [3.05, 3.63) is 59.7 Å². The number of hydrogen-bond acceptors (Lipinski definition) is 3. The quantitative estimate of drug-likeness (QED) is 0.723. The Morgan fingerprint density at radius 1 is 1.08 bits per heavy atom. The molecule has 0 aliphatic rings. The number of hydrogen-bond donors (Lipinski definition) is 3. The van der Waals surface area contributed by atoms with Gasteiger partial charge >= 0.3 is 0 Å².